The highest BCUT2D eigenvalue weighted by Gasteiger charge is 2.14. The fourth-order valence-electron chi connectivity index (χ4n) is 1.90. The number of carbonyl (C=O) groups excluding carboxylic acids is 1. The van der Waals surface area contributed by atoms with E-state index in [0.29, 0.717) is 22.9 Å². The van der Waals surface area contributed by atoms with Crippen LogP contribution in [0.2, 0.25) is 0 Å². The Labute approximate surface area is 120 Å². The van der Waals surface area contributed by atoms with Crippen LogP contribution < -0.4 is 14.8 Å². The predicted molar refractivity (Wildman–Crippen MR) is 71.9 cm³/mol. The molecule has 21 heavy (non-hydrogen) atoms. The summed E-state index contributed by atoms with van der Waals surface area (Å²) in [6.07, 6.45) is 0.819. The Morgan fingerprint density at radius 2 is 2.29 bits per heavy atom. The molecule has 1 unspecified atom stereocenters. The molecule has 0 fully saturated rings. The van der Waals surface area contributed by atoms with Gasteiger partial charge in [-0.25, -0.2) is 4.68 Å². The molecule has 2 aromatic rings. The number of carbonyl (C=O) groups is 1. The number of fused-ring (bicyclic) bond motifs is 1. The van der Waals surface area contributed by atoms with Gasteiger partial charge in [0.1, 0.15) is 12.2 Å². The van der Waals surface area contributed by atoms with Crippen molar-refractivity contribution in [1.82, 2.24) is 15.0 Å². The third-order valence-corrected chi connectivity index (χ3v) is 2.95. The van der Waals surface area contributed by atoms with E-state index in [4.69, 9.17) is 9.47 Å². The van der Waals surface area contributed by atoms with Crippen LogP contribution in [0.1, 0.15) is 18.7 Å². The van der Waals surface area contributed by atoms with E-state index in [0.717, 1.165) is 0 Å². The highest BCUT2D eigenvalue weighted by molar-refractivity contribution is 5.90. The number of hydrogen-bond donors (Lipinski definition) is 2. The number of aromatic nitrogens is 3. The minimum absolute atomic E-state index is 0.00810. The van der Waals surface area contributed by atoms with Gasteiger partial charge in [-0.3, -0.25) is 4.79 Å². The molecule has 1 aliphatic rings. The van der Waals surface area contributed by atoms with Crippen LogP contribution in [0.4, 0.5) is 5.69 Å². The SMILES string of the molecule is CC(O)c1cn(CC(=O)Nc2ccc3c(c2)OCO3)nn1. The molecule has 1 amide bonds. The molecule has 0 spiro atoms. The summed E-state index contributed by atoms with van der Waals surface area (Å²) in [7, 11) is 0. The Morgan fingerprint density at radius 1 is 1.48 bits per heavy atom. The highest BCUT2D eigenvalue weighted by Crippen LogP contribution is 2.34. The zero-order valence-electron chi connectivity index (χ0n) is 11.3. The first-order valence-corrected chi connectivity index (χ1v) is 6.39. The molecule has 3 rings (SSSR count). The van der Waals surface area contributed by atoms with Crippen LogP contribution >= 0.6 is 0 Å². The second-order valence-electron chi connectivity index (χ2n) is 4.63. The van der Waals surface area contributed by atoms with Gasteiger partial charge >= 0.3 is 0 Å². The third-order valence-electron chi connectivity index (χ3n) is 2.95. The summed E-state index contributed by atoms with van der Waals surface area (Å²) in [4.78, 5) is 11.9. The van der Waals surface area contributed by atoms with E-state index in [1.54, 1.807) is 25.1 Å². The lowest BCUT2D eigenvalue weighted by atomic mass is 10.3. The van der Waals surface area contributed by atoms with Crippen LogP contribution in [0.5, 0.6) is 11.5 Å². The number of nitrogens with zero attached hydrogens (tertiary/aromatic N) is 3. The van der Waals surface area contributed by atoms with E-state index < -0.39 is 6.10 Å². The molecule has 110 valence electrons. The van der Waals surface area contributed by atoms with E-state index in [-0.39, 0.29) is 19.2 Å². The van der Waals surface area contributed by atoms with Gasteiger partial charge in [0.2, 0.25) is 12.7 Å². The standard InChI is InChI=1S/C13H14N4O4/c1-8(18)10-5-17(16-15-10)6-13(19)14-9-2-3-11-12(4-9)21-7-20-11/h2-5,8,18H,6-7H2,1H3,(H,14,19). The molecule has 1 aromatic heterocycles. The number of aliphatic hydroxyl groups is 1. The summed E-state index contributed by atoms with van der Waals surface area (Å²) in [6, 6.07) is 5.16. The summed E-state index contributed by atoms with van der Waals surface area (Å²) < 4.78 is 11.8. The average molecular weight is 290 g/mol. The van der Waals surface area contributed by atoms with Crippen LogP contribution in [0.15, 0.2) is 24.4 Å². The van der Waals surface area contributed by atoms with Gasteiger partial charge in [0.15, 0.2) is 11.5 Å². The normalized spacial score (nSPS) is 14.0. The Kier molecular flexibility index (Phi) is 3.44. The summed E-state index contributed by atoms with van der Waals surface area (Å²) in [6.45, 7) is 1.78. The molecule has 1 aromatic carbocycles. The predicted octanol–water partition coefficient (Wildman–Crippen LogP) is 0.699. The van der Waals surface area contributed by atoms with Gasteiger partial charge in [-0.2, -0.15) is 0 Å². The number of anilines is 1. The van der Waals surface area contributed by atoms with Gasteiger partial charge in [0.25, 0.3) is 0 Å². The number of rotatable bonds is 4. The lowest BCUT2D eigenvalue weighted by Crippen LogP contribution is -2.19. The van der Waals surface area contributed by atoms with Gasteiger partial charge in [0.05, 0.1) is 12.3 Å². The smallest absolute Gasteiger partial charge is 0.246 e. The molecule has 1 aliphatic heterocycles. The van der Waals surface area contributed by atoms with Crippen molar-refractivity contribution in [3.63, 3.8) is 0 Å². The number of benzene rings is 1. The van der Waals surface area contributed by atoms with E-state index in [1.165, 1.54) is 10.9 Å². The molecule has 8 heteroatoms. The molecule has 0 saturated carbocycles. The number of ether oxygens (including phenoxy) is 2. The topological polar surface area (TPSA) is 98.5 Å². The Morgan fingerprint density at radius 3 is 3.05 bits per heavy atom. The summed E-state index contributed by atoms with van der Waals surface area (Å²) in [5.74, 6) is 1.01. The van der Waals surface area contributed by atoms with Crippen LogP contribution in [-0.4, -0.2) is 32.8 Å². The van der Waals surface area contributed by atoms with Gasteiger partial charge < -0.3 is 19.9 Å². The average Bonchev–Trinajstić information content (AvgIpc) is 3.06. The van der Waals surface area contributed by atoms with Gasteiger partial charge in [0, 0.05) is 11.8 Å². The zero-order valence-corrected chi connectivity index (χ0v) is 11.3. The molecule has 2 N–H and O–H groups in total. The summed E-state index contributed by atoms with van der Waals surface area (Å²) in [5, 5.41) is 19.6. The fraction of sp³-hybridized carbons (Fsp3) is 0.308. The Bertz CT molecular complexity index is 668. The lowest BCUT2D eigenvalue weighted by molar-refractivity contribution is -0.116. The van der Waals surface area contributed by atoms with E-state index >= 15 is 0 Å². The zero-order chi connectivity index (χ0) is 14.8. The van der Waals surface area contributed by atoms with Crippen molar-refractivity contribution in [1.29, 1.82) is 0 Å². The van der Waals surface area contributed by atoms with E-state index in [9.17, 15) is 9.90 Å². The van der Waals surface area contributed by atoms with Gasteiger partial charge in [-0.05, 0) is 19.1 Å². The van der Waals surface area contributed by atoms with Crippen LogP contribution in [0.3, 0.4) is 0 Å². The van der Waals surface area contributed by atoms with Gasteiger partial charge in [-0.15, -0.1) is 5.10 Å². The van der Waals surface area contributed by atoms with Gasteiger partial charge in [-0.1, -0.05) is 5.21 Å². The second kappa shape index (κ2) is 5.41. The van der Waals surface area contributed by atoms with Crippen molar-refractivity contribution in [2.24, 2.45) is 0 Å². The molecule has 1 atom stereocenters. The van der Waals surface area contributed by atoms with Crippen molar-refractivity contribution in [2.75, 3.05) is 12.1 Å². The summed E-state index contributed by atoms with van der Waals surface area (Å²) in [5.41, 5.74) is 1.03. The maximum atomic E-state index is 11.9. The largest absolute Gasteiger partial charge is 0.454 e. The number of aliphatic hydroxyl groups excluding tert-OH is 1. The monoisotopic (exact) mass is 290 g/mol. The van der Waals surface area contributed by atoms with Crippen molar-refractivity contribution in [3.05, 3.63) is 30.1 Å². The molecule has 8 nitrogen and oxygen atoms in total. The fourth-order valence-corrected chi connectivity index (χ4v) is 1.90. The van der Waals surface area contributed by atoms with Crippen molar-refractivity contribution in [3.8, 4) is 11.5 Å². The molecular weight excluding hydrogens is 276 g/mol. The van der Waals surface area contributed by atoms with Crippen LogP contribution in [0.25, 0.3) is 0 Å². The number of hydrogen-bond acceptors (Lipinski definition) is 6. The quantitative estimate of drug-likeness (QED) is 0.860. The first-order chi connectivity index (χ1) is 10.1. The van der Waals surface area contributed by atoms with E-state index in [1.807, 2.05) is 0 Å². The minimum atomic E-state index is -0.712. The first kappa shape index (κ1) is 13.4. The maximum absolute atomic E-state index is 11.9. The molecule has 0 radical (unpaired) electrons. The van der Waals surface area contributed by atoms with Crippen LogP contribution in [-0.2, 0) is 11.3 Å². The lowest BCUT2D eigenvalue weighted by Gasteiger charge is -2.06. The third kappa shape index (κ3) is 2.95. The highest BCUT2D eigenvalue weighted by atomic mass is 16.7. The first-order valence-electron chi connectivity index (χ1n) is 6.39. The second-order valence-corrected chi connectivity index (χ2v) is 4.63. The number of nitrogens with one attached hydrogen (secondary N) is 1. The Balaban J connectivity index is 1.63. The molecular formula is C13H14N4O4. The van der Waals surface area contributed by atoms with E-state index in [2.05, 4.69) is 15.6 Å². The Hall–Kier alpha value is -2.61. The molecule has 2 heterocycles. The molecule has 0 aliphatic carbocycles. The van der Waals surface area contributed by atoms with Crippen molar-refractivity contribution in [2.45, 2.75) is 19.6 Å². The number of amides is 1. The van der Waals surface area contributed by atoms with Crippen LogP contribution in [0, 0.1) is 0 Å². The minimum Gasteiger partial charge on any atom is -0.454 e. The van der Waals surface area contributed by atoms with Crippen molar-refractivity contribution < 1.29 is 19.4 Å². The van der Waals surface area contributed by atoms with Crippen molar-refractivity contribution >= 4 is 11.6 Å². The maximum Gasteiger partial charge on any atom is 0.246 e. The summed E-state index contributed by atoms with van der Waals surface area (Å²) >= 11 is 0. The molecule has 0 bridgehead atoms. The molecule has 0 saturated heterocycles.